The zero-order valence-electron chi connectivity index (χ0n) is 17.8. The van der Waals surface area contributed by atoms with Crippen molar-refractivity contribution in [3.05, 3.63) is 48.3 Å². The summed E-state index contributed by atoms with van der Waals surface area (Å²) in [5.41, 5.74) is 1.68. The van der Waals surface area contributed by atoms with Crippen molar-refractivity contribution in [2.75, 3.05) is 39.2 Å². The predicted octanol–water partition coefficient (Wildman–Crippen LogP) is 2.71. The number of urea groups is 1. The lowest BCUT2D eigenvalue weighted by atomic mass is 10.3. The summed E-state index contributed by atoms with van der Waals surface area (Å²) in [7, 11) is 5.12. The molecule has 1 N–H and O–H groups in total. The first-order valence-corrected chi connectivity index (χ1v) is 10.1. The molecule has 162 valence electrons. The SMILES string of the molecule is COCCN(CC(=O)N(Cc1cccn1C)C1CC1)C(=O)Nc1cccc(OC)c1. The van der Waals surface area contributed by atoms with E-state index in [1.165, 1.54) is 4.90 Å². The van der Waals surface area contributed by atoms with Gasteiger partial charge < -0.3 is 29.2 Å². The maximum atomic E-state index is 13.1. The Hall–Kier alpha value is -3.00. The van der Waals surface area contributed by atoms with Gasteiger partial charge in [0, 0.05) is 50.4 Å². The number of nitrogens with zero attached hydrogens (tertiary/aromatic N) is 3. The second-order valence-electron chi connectivity index (χ2n) is 7.44. The zero-order valence-corrected chi connectivity index (χ0v) is 17.8. The van der Waals surface area contributed by atoms with Gasteiger partial charge in [-0.3, -0.25) is 4.79 Å². The van der Waals surface area contributed by atoms with Crippen LogP contribution in [0.1, 0.15) is 18.5 Å². The largest absolute Gasteiger partial charge is 0.497 e. The summed E-state index contributed by atoms with van der Waals surface area (Å²) in [5, 5.41) is 2.85. The number of hydrogen-bond donors (Lipinski definition) is 1. The molecule has 8 heteroatoms. The topological polar surface area (TPSA) is 76.0 Å². The van der Waals surface area contributed by atoms with Crippen molar-refractivity contribution in [1.82, 2.24) is 14.4 Å². The van der Waals surface area contributed by atoms with Crippen LogP contribution >= 0.6 is 0 Å². The van der Waals surface area contributed by atoms with E-state index < -0.39 is 0 Å². The minimum absolute atomic E-state index is 0.0000840. The smallest absolute Gasteiger partial charge is 0.322 e. The molecule has 1 saturated carbocycles. The Morgan fingerprint density at radius 2 is 2.00 bits per heavy atom. The Kier molecular flexibility index (Phi) is 7.35. The number of aryl methyl sites for hydroxylation is 1. The van der Waals surface area contributed by atoms with Crippen LogP contribution in [0.4, 0.5) is 10.5 Å². The Balaban J connectivity index is 1.68. The Morgan fingerprint density at radius 1 is 1.20 bits per heavy atom. The molecule has 0 radical (unpaired) electrons. The first-order valence-electron chi connectivity index (χ1n) is 10.1. The van der Waals surface area contributed by atoms with Crippen molar-refractivity contribution in [3.8, 4) is 5.75 Å². The summed E-state index contributed by atoms with van der Waals surface area (Å²) < 4.78 is 12.4. The third kappa shape index (κ3) is 5.76. The molecular formula is C22H30N4O4. The normalized spacial score (nSPS) is 13.0. The molecule has 3 amide bonds. The molecule has 1 aliphatic rings. The van der Waals surface area contributed by atoms with E-state index in [0.29, 0.717) is 31.1 Å². The summed E-state index contributed by atoms with van der Waals surface area (Å²) in [4.78, 5) is 29.4. The molecule has 8 nitrogen and oxygen atoms in total. The van der Waals surface area contributed by atoms with Crippen LogP contribution in [0.15, 0.2) is 42.6 Å². The summed E-state index contributed by atoms with van der Waals surface area (Å²) >= 11 is 0. The summed E-state index contributed by atoms with van der Waals surface area (Å²) in [5.74, 6) is 0.588. The van der Waals surface area contributed by atoms with Gasteiger partial charge in [-0.15, -0.1) is 0 Å². The van der Waals surface area contributed by atoms with Gasteiger partial charge in [-0.2, -0.15) is 0 Å². The number of benzene rings is 1. The number of amides is 3. The van der Waals surface area contributed by atoms with Gasteiger partial charge >= 0.3 is 6.03 Å². The average Bonchev–Trinajstić information content (AvgIpc) is 3.50. The minimum Gasteiger partial charge on any atom is -0.497 e. The lowest BCUT2D eigenvalue weighted by molar-refractivity contribution is -0.133. The van der Waals surface area contributed by atoms with Crippen LogP contribution in [0.5, 0.6) is 5.75 Å². The molecule has 0 atom stereocenters. The van der Waals surface area contributed by atoms with Crippen LogP contribution < -0.4 is 10.1 Å². The number of carbonyl (C=O) groups is 2. The highest BCUT2D eigenvalue weighted by molar-refractivity contribution is 5.92. The molecule has 2 aromatic rings. The summed E-state index contributed by atoms with van der Waals surface area (Å²) in [6.07, 6.45) is 3.98. The van der Waals surface area contributed by atoms with E-state index in [-0.39, 0.29) is 24.5 Å². The minimum atomic E-state index is -0.344. The second kappa shape index (κ2) is 10.2. The fraction of sp³-hybridized carbons (Fsp3) is 0.455. The Bertz CT molecular complexity index is 862. The van der Waals surface area contributed by atoms with Crippen LogP contribution in [0, 0.1) is 0 Å². The highest BCUT2D eigenvalue weighted by Crippen LogP contribution is 2.28. The van der Waals surface area contributed by atoms with Crippen LogP contribution in [-0.2, 0) is 23.1 Å². The number of methoxy groups -OCH3 is 2. The predicted molar refractivity (Wildman–Crippen MR) is 114 cm³/mol. The Morgan fingerprint density at radius 3 is 2.63 bits per heavy atom. The molecule has 30 heavy (non-hydrogen) atoms. The molecule has 0 saturated heterocycles. The molecule has 1 aliphatic carbocycles. The molecule has 0 aliphatic heterocycles. The number of carbonyl (C=O) groups excluding carboxylic acids is 2. The highest BCUT2D eigenvalue weighted by atomic mass is 16.5. The number of nitrogens with one attached hydrogen (secondary N) is 1. The lowest BCUT2D eigenvalue weighted by Crippen LogP contribution is -2.46. The number of anilines is 1. The molecular weight excluding hydrogens is 384 g/mol. The third-order valence-corrected chi connectivity index (χ3v) is 5.19. The first-order chi connectivity index (χ1) is 14.5. The molecule has 1 aromatic heterocycles. The van der Waals surface area contributed by atoms with Crippen molar-refractivity contribution in [1.29, 1.82) is 0 Å². The quantitative estimate of drug-likeness (QED) is 0.649. The molecule has 0 unspecified atom stereocenters. The maximum Gasteiger partial charge on any atom is 0.322 e. The van der Waals surface area contributed by atoms with E-state index in [1.807, 2.05) is 34.8 Å². The standard InChI is InChI=1S/C22H30N4O4/c1-24-11-5-7-19(24)15-26(18-9-10-18)21(27)16-25(12-13-29-2)22(28)23-17-6-4-8-20(14-17)30-3/h4-8,11,14,18H,9-10,12-13,15-16H2,1-3H3,(H,23,28). The molecule has 1 fully saturated rings. The molecule has 0 bridgehead atoms. The van der Waals surface area contributed by atoms with Crippen molar-refractivity contribution in [2.24, 2.45) is 7.05 Å². The van der Waals surface area contributed by atoms with E-state index in [1.54, 1.807) is 38.5 Å². The summed E-state index contributed by atoms with van der Waals surface area (Å²) in [6.45, 7) is 1.21. The average molecular weight is 415 g/mol. The van der Waals surface area contributed by atoms with Crippen LogP contribution in [0.3, 0.4) is 0 Å². The first kappa shape index (κ1) is 21.7. The van der Waals surface area contributed by atoms with Crippen molar-refractivity contribution < 1.29 is 19.1 Å². The highest BCUT2D eigenvalue weighted by Gasteiger charge is 2.34. The van der Waals surface area contributed by atoms with E-state index >= 15 is 0 Å². The lowest BCUT2D eigenvalue weighted by Gasteiger charge is -2.28. The monoisotopic (exact) mass is 414 g/mol. The summed E-state index contributed by atoms with van der Waals surface area (Å²) in [6, 6.07) is 11.0. The van der Waals surface area contributed by atoms with E-state index in [4.69, 9.17) is 9.47 Å². The van der Waals surface area contributed by atoms with Gasteiger partial charge in [-0.25, -0.2) is 4.79 Å². The van der Waals surface area contributed by atoms with Gasteiger partial charge in [0.05, 0.1) is 20.3 Å². The molecule has 3 rings (SSSR count). The molecule has 0 spiro atoms. The van der Waals surface area contributed by atoms with Gasteiger partial charge in [0.15, 0.2) is 0 Å². The van der Waals surface area contributed by atoms with Crippen LogP contribution in [0.25, 0.3) is 0 Å². The van der Waals surface area contributed by atoms with E-state index in [0.717, 1.165) is 18.5 Å². The van der Waals surface area contributed by atoms with Crippen molar-refractivity contribution in [3.63, 3.8) is 0 Å². The zero-order chi connectivity index (χ0) is 21.5. The van der Waals surface area contributed by atoms with Gasteiger partial charge in [-0.1, -0.05) is 6.07 Å². The Labute approximate surface area is 177 Å². The third-order valence-electron chi connectivity index (χ3n) is 5.19. The van der Waals surface area contributed by atoms with Crippen LogP contribution in [0.2, 0.25) is 0 Å². The fourth-order valence-electron chi connectivity index (χ4n) is 3.25. The van der Waals surface area contributed by atoms with Crippen molar-refractivity contribution >= 4 is 17.6 Å². The van der Waals surface area contributed by atoms with Gasteiger partial charge in [0.2, 0.25) is 5.91 Å². The van der Waals surface area contributed by atoms with E-state index in [2.05, 4.69) is 5.32 Å². The van der Waals surface area contributed by atoms with Crippen molar-refractivity contribution in [2.45, 2.75) is 25.4 Å². The number of rotatable bonds is 10. The fourth-order valence-corrected chi connectivity index (χ4v) is 3.25. The van der Waals surface area contributed by atoms with Crippen LogP contribution in [-0.4, -0.2) is 66.3 Å². The molecule has 1 heterocycles. The molecule has 1 aromatic carbocycles. The number of hydrogen-bond acceptors (Lipinski definition) is 4. The number of aromatic nitrogens is 1. The van der Waals surface area contributed by atoms with Gasteiger partial charge in [-0.05, 0) is 37.1 Å². The maximum absolute atomic E-state index is 13.1. The number of ether oxygens (including phenoxy) is 2. The van der Waals surface area contributed by atoms with Gasteiger partial charge in [0.1, 0.15) is 12.3 Å². The second-order valence-corrected chi connectivity index (χ2v) is 7.44. The van der Waals surface area contributed by atoms with E-state index in [9.17, 15) is 9.59 Å². The van der Waals surface area contributed by atoms with Gasteiger partial charge in [0.25, 0.3) is 0 Å².